The van der Waals surface area contributed by atoms with Crippen molar-refractivity contribution in [1.29, 1.82) is 0 Å². The fourth-order valence-electron chi connectivity index (χ4n) is 3.80. The number of hydrogen-bond donors (Lipinski definition) is 5. The molecule has 1 aliphatic heterocycles. The first-order chi connectivity index (χ1) is 16.4. The van der Waals surface area contributed by atoms with Crippen molar-refractivity contribution in [3.8, 4) is 0 Å². The summed E-state index contributed by atoms with van der Waals surface area (Å²) in [6, 6.07) is 4.00. The molecule has 192 valence electrons. The molecule has 0 saturated carbocycles. The van der Waals surface area contributed by atoms with E-state index < -0.39 is 53.5 Å². The van der Waals surface area contributed by atoms with Gasteiger partial charge >= 0.3 is 11.8 Å². The third-order valence-electron chi connectivity index (χ3n) is 5.51. The molecule has 0 radical (unpaired) electrons. The van der Waals surface area contributed by atoms with Crippen LogP contribution in [0.25, 0.3) is 0 Å². The summed E-state index contributed by atoms with van der Waals surface area (Å²) >= 11 is 5.90. The van der Waals surface area contributed by atoms with E-state index in [1.807, 2.05) is 20.8 Å². The van der Waals surface area contributed by atoms with E-state index in [9.17, 15) is 29.1 Å². The molecule has 11 heteroatoms. The van der Waals surface area contributed by atoms with E-state index in [4.69, 9.17) is 11.6 Å². The van der Waals surface area contributed by atoms with Gasteiger partial charge in [0.2, 0.25) is 11.8 Å². The van der Waals surface area contributed by atoms with Crippen LogP contribution in [0, 0.1) is 11.3 Å². The zero-order valence-corrected chi connectivity index (χ0v) is 20.9. The average Bonchev–Trinajstić information content (AvgIpc) is 2.78. The Labute approximate surface area is 209 Å². The van der Waals surface area contributed by atoms with Gasteiger partial charge in [-0.1, -0.05) is 38.4 Å². The number of Topliss-reactive ketones (excluding diaryl/α,β-unsaturated/α-hetero) is 1. The second-order valence-corrected chi connectivity index (χ2v) is 10.2. The number of ketones is 1. The number of hydrogen-bond acceptors (Lipinski definition) is 6. The number of halogens is 1. The van der Waals surface area contributed by atoms with Gasteiger partial charge in [-0.05, 0) is 49.3 Å². The van der Waals surface area contributed by atoms with Crippen molar-refractivity contribution in [3.05, 3.63) is 29.3 Å². The molecule has 1 saturated heterocycles. The smallest absolute Gasteiger partial charge is 0.313 e. The highest BCUT2D eigenvalue weighted by Crippen LogP contribution is 2.22. The molecule has 0 aliphatic carbocycles. The zero-order valence-electron chi connectivity index (χ0n) is 20.2. The van der Waals surface area contributed by atoms with E-state index >= 15 is 0 Å². The predicted octanol–water partition coefficient (Wildman–Crippen LogP) is 1.16. The number of rotatable bonds is 9. The minimum Gasteiger partial charge on any atom is -0.389 e. The summed E-state index contributed by atoms with van der Waals surface area (Å²) in [5.41, 5.74) is -0.104. The highest BCUT2D eigenvalue weighted by atomic mass is 35.5. The molecule has 5 N–H and O–H groups in total. The van der Waals surface area contributed by atoms with Crippen molar-refractivity contribution < 1.29 is 29.1 Å². The minimum atomic E-state index is -1.14. The summed E-state index contributed by atoms with van der Waals surface area (Å²) in [6.07, 6.45) is 1.50. The van der Waals surface area contributed by atoms with Gasteiger partial charge in [-0.3, -0.25) is 24.0 Å². The predicted molar refractivity (Wildman–Crippen MR) is 130 cm³/mol. The number of benzene rings is 1. The van der Waals surface area contributed by atoms with Gasteiger partial charge in [-0.15, -0.1) is 0 Å². The third kappa shape index (κ3) is 9.29. The van der Waals surface area contributed by atoms with E-state index in [0.29, 0.717) is 23.7 Å². The maximum absolute atomic E-state index is 13.1. The standard InChI is InChI=1S/C24H33ClN4O6/c1-24(2,3)12-18(29-23(35)22(34)27-16-8-4-7-15(25)11-16)21(33)28-17(19(31)13-30)10-14-6-5-9-26-20(14)32/h4,7-8,11,14,17-18,30H,5-6,9-10,12-13H2,1-3H3,(H,26,32)(H,27,34)(H,28,33)(H,29,35)/t14-,17-,18-/m0/s1. The van der Waals surface area contributed by atoms with Gasteiger partial charge in [0.1, 0.15) is 12.6 Å². The first-order valence-electron chi connectivity index (χ1n) is 11.5. The Hall–Kier alpha value is -2.98. The van der Waals surface area contributed by atoms with Crippen molar-refractivity contribution in [1.82, 2.24) is 16.0 Å². The minimum absolute atomic E-state index is 0.0302. The first-order valence-corrected chi connectivity index (χ1v) is 11.9. The lowest BCUT2D eigenvalue weighted by Crippen LogP contribution is -2.55. The number of aliphatic hydroxyl groups excluding tert-OH is 1. The lowest BCUT2D eigenvalue weighted by Gasteiger charge is -2.29. The highest BCUT2D eigenvalue weighted by Gasteiger charge is 2.34. The van der Waals surface area contributed by atoms with Gasteiger partial charge < -0.3 is 26.4 Å². The van der Waals surface area contributed by atoms with Crippen LogP contribution < -0.4 is 21.3 Å². The van der Waals surface area contributed by atoms with Crippen molar-refractivity contribution in [2.75, 3.05) is 18.5 Å². The van der Waals surface area contributed by atoms with Crippen LogP contribution in [0.2, 0.25) is 5.02 Å². The molecule has 1 heterocycles. The van der Waals surface area contributed by atoms with Gasteiger partial charge in [0.05, 0.1) is 6.04 Å². The van der Waals surface area contributed by atoms with Gasteiger partial charge in [0.25, 0.3) is 0 Å². The molecule has 3 atom stereocenters. The van der Waals surface area contributed by atoms with Crippen molar-refractivity contribution in [2.45, 2.75) is 58.5 Å². The second-order valence-electron chi connectivity index (χ2n) is 9.81. The molecule has 0 bridgehead atoms. The Balaban J connectivity index is 2.12. The Morgan fingerprint density at radius 2 is 1.86 bits per heavy atom. The van der Waals surface area contributed by atoms with Crippen LogP contribution in [0.1, 0.15) is 46.5 Å². The molecule has 1 aromatic rings. The average molecular weight is 509 g/mol. The quantitative estimate of drug-likeness (QED) is 0.315. The summed E-state index contributed by atoms with van der Waals surface area (Å²) in [4.78, 5) is 62.6. The maximum atomic E-state index is 13.1. The molecule has 10 nitrogen and oxygen atoms in total. The number of carbonyl (C=O) groups is 5. The number of anilines is 1. The molecule has 35 heavy (non-hydrogen) atoms. The zero-order chi connectivity index (χ0) is 26.2. The Morgan fingerprint density at radius 1 is 1.14 bits per heavy atom. The molecule has 2 rings (SSSR count). The molecular formula is C24H33ClN4O6. The molecular weight excluding hydrogens is 476 g/mol. The highest BCUT2D eigenvalue weighted by molar-refractivity contribution is 6.40. The molecule has 4 amide bonds. The van der Waals surface area contributed by atoms with E-state index in [-0.39, 0.29) is 18.7 Å². The molecule has 1 aliphatic rings. The summed E-state index contributed by atoms with van der Waals surface area (Å²) in [7, 11) is 0. The molecule has 1 aromatic carbocycles. The summed E-state index contributed by atoms with van der Waals surface area (Å²) in [5.74, 6) is -4.04. The van der Waals surface area contributed by atoms with Crippen LogP contribution in [0.3, 0.4) is 0 Å². The Morgan fingerprint density at radius 3 is 2.46 bits per heavy atom. The number of nitrogens with one attached hydrogen (secondary N) is 4. The second kappa shape index (κ2) is 12.6. The SMILES string of the molecule is CC(C)(C)C[C@H](NC(=O)C(=O)Nc1cccc(Cl)c1)C(=O)N[C@@H](C[C@@H]1CCCNC1=O)C(=O)CO. The van der Waals surface area contributed by atoms with Crippen molar-refractivity contribution in [2.24, 2.45) is 11.3 Å². The molecule has 0 unspecified atom stereocenters. The summed E-state index contributed by atoms with van der Waals surface area (Å²) in [6.45, 7) is 5.31. The number of piperidine rings is 1. The normalized spacial score (nSPS) is 17.5. The van der Waals surface area contributed by atoms with Crippen LogP contribution in [-0.4, -0.2) is 59.8 Å². The van der Waals surface area contributed by atoms with Crippen LogP contribution >= 0.6 is 11.6 Å². The van der Waals surface area contributed by atoms with Crippen LogP contribution in [-0.2, 0) is 24.0 Å². The lowest BCUT2D eigenvalue weighted by atomic mass is 9.87. The molecule has 0 spiro atoms. The van der Waals surface area contributed by atoms with Crippen LogP contribution in [0.4, 0.5) is 5.69 Å². The topological polar surface area (TPSA) is 154 Å². The van der Waals surface area contributed by atoms with E-state index in [0.717, 1.165) is 6.42 Å². The number of carbonyl (C=O) groups excluding carboxylic acids is 5. The monoisotopic (exact) mass is 508 g/mol. The third-order valence-corrected chi connectivity index (χ3v) is 5.74. The van der Waals surface area contributed by atoms with Gasteiger partial charge in [0.15, 0.2) is 5.78 Å². The molecule has 1 fully saturated rings. The largest absolute Gasteiger partial charge is 0.389 e. The van der Waals surface area contributed by atoms with E-state index in [2.05, 4.69) is 21.3 Å². The fraction of sp³-hybridized carbons (Fsp3) is 0.542. The Kier molecular flexibility index (Phi) is 10.2. The van der Waals surface area contributed by atoms with Crippen LogP contribution in [0.5, 0.6) is 0 Å². The summed E-state index contributed by atoms with van der Waals surface area (Å²) < 4.78 is 0. The Bertz CT molecular complexity index is 962. The van der Waals surface area contributed by atoms with Gasteiger partial charge in [0, 0.05) is 23.2 Å². The fourth-order valence-corrected chi connectivity index (χ4v) is 3.99. The number of amides is 4. The van der Waals surface area contributed by atoms with E-state index in [1.165, 1.54) is 6.07 Å². The van der Waals surface area contributed by atoms with Gasteiger partial charge in [-0.25, -0.2) is 0 Å². The maximum Gasteiger partial charge on any atom is 0.313 e. The van der Waals surface area contributed by atoms with E-state index in [1.54, 1.807) is 18.2 Å². The lowest BCUT2D eigenvalue weighted by molar-refractivity contribution is -0.139. The molecule has 0 aromatic heterocycles. The summed E-state index contributed by atoms with van der Waals surface area (Å²) in [5, 5.41) is 19.9. The van der Waals surface area contributed by atoms with Gasteiger partial charge in [-0.2, -0.15) is 0 Å². The number of aliphatic hydroxyl groups is 1. The first kappa shape index (κ1) is 28.3. The van der Waals surface area contributed by atoms with Crippen LogP contribution in [0.15, 0.2) is 24.3 Å². The van der Waals surface area contributed by atoms with Crippen molar-refractivity contribution in [3.63, 3.8) is 0 Å². The van der Waals surface area contributed by atoms with Crippen molar-refractivity contribution >= 4 is 46.7 Å².